The summed E-state index contributed by atoms with van der Waals surface area (Å²) in [6, 6.07) is 9.09. The smallest absolute Gasteiger partial charge is 0.286 e. The number of rotatable bonds is 7. The van der Waals surface area contributed by atoms with Crippen molar-refractivity contribution in [2.24, 2.45) is 0 Å². The molecule has 0 atom stereocenters. The van der Waals surface area contributed by atoms with Crippen LogP contribution in [0.4, 0.5) is 10.1 Å². The molecule has 7 nitrogen and oxygen atoms in total. The van der Waals surface area contributed by atoms with Crippen molar-refractivity contribution in [3.63, 3.8) is 0 Å². The van der Waals surface area contributed by atoms with Crippen LogP contribution < -0.4 is 10.6 Å². The van der Waals surface area contributed by atoms with Crippen molar-refractivity contribution in [2.45, 2.75) is 10.9 Å². The van der Waals surface area contributed by atoms with Crippen molar-refractivity contribution in [2.75, 3.05) is 11.1 Å². The normalized spacial score (nSPS) is 10.4. The van der Waals surface area contributed by atoms with E-state index in [0.29, 0.717) is 16.6 Å². The first-order chi connectivity index (χ1) is 13.1. The van der Waals surface area contributed by atoms with Crippen LogP contribution in [0.2, 0.25) is 0 Å². The van der Waals surface area contributed by atoms with E-state index in [-0.39, 0.29) is 22.5 Å². The van der Waals surface area contributed by atoms with E-state index in [1.165, 1.54) is 36.0 Å². The van der Waals surface area contributed by atoms with Gasteiger partial charge in [0, 0.05) is 24.6 Å². The van der Waals surface area contributed by atoms with Crippen molar-refractivity contribution in [1.82, 2.24) is 20.5 Å². The average molecular weight is 403 g/mol. The summed E-state index contributed by atoms with van der Waals surface area (Å²) in [5.41, 5.74) is 1.37. The molecule has 2 N–H and O–H groups in total. The van der Waals surface area contributed by atoms with Crippen LogP contribution in [-0.4, -0.2) is 32.7 Å². The third-order valence-corrected chi connectivity index (χ3v) is 5.30. The van der Waals surface area contributed by atoms with Gasteiger partial charge >= 0.3 is 0 Å². The monoisotopic (exact) mass is 403 g/mol. The van der Waals surface area contributed by atoms with Crippen LogP contribution >= 0.6 is 23.1 Å². The number of aromatic nitrogens is 3. The molecule has 0 unspecified atom stereocenters. The Balaban J connectivity index is 1.46. The van der Waals surface area contributed by atoms with E-state index >= 15 is 0 Å². The lowest BCUT2D eigenvalue weighted by Gasteiger charge is -2.03. The van der Waals surface area contributed by atoms with Crippen molar-refractivity contribution >= 4 is 40.6 Å². The van der Waals surface area contributed by atoms with Gasteiger partial charge in [0.05, 0.1) is 5.75 Å². The second-order valence-electron chi connectivity index (χ2n) is 5.26. The second kappa shape index (κ2) is 9.19. The molecule has 0 spiro atoms. The molecule has 1 aromatic carbocycles. The molecule has 0 fully saturated rings. The van der Waals surface area contributed by atoms with Crippen molar-refractivity contribution < 1.29 is 14.0 Å². The number of carbonyl (C=O) groups excluding carboxylic acids is 2. The van der Waals surface area contributed by atoms with E-state index in [1.54, 1.807) is 18.5 Å². The number of benzene rings is 1. The van der Waals surface area contributed by atoms with Gasteiger partial charge in [0.15, 0.2) is 4.34 Å². The SMILES string of the molecule is O=C(CSc1nnc(C(=O)Nc2ccc(F)cc2)s1)NCc1cccnc1. The number of halogens is 1. The van der Waals surface area contributed by atoms with Gasteiger partial charge in [0.25, 0.3) is 5.91 Å². The Labute approximate surface area is 162 Å². The van der Waals surface area contributed by atoms with Crippen LogP contribution in [0.5, 0.6) is 0 Å². The Hall–Kier alpha value is -2.85. The van der Waals surface area contributed by atoms with Gasteiger partial charge in [-0.25, -0.2) is 4.39 Å². The number of anilines is 1. The largest absolute Gasteiger partial charge is 0.351 e. The third-order valence-electron chi connectivity index (χ3n) is 3.24. The van der Waals surface area contributed by atoms with E-state index in [1.807, 2.05) is 6.07 Å². The van der Waals surface area contributed by atoms with Gasteiger partial charge < -0.3 is 10.6 Å². The van der Waals surface area contributed by atoms with Gasteiger partial charge in [-0.1, -0.05) is 29.2 Å². The molecule has 2 heterocycles. The van der Waals surface area contributed by atoms with E-state index in [0.717, 1.165) is 16.9 Å². The number of thioether (sulfide) groups is 1. The fraction of sp³-hybridized carbons (Fsp3) is 0.118. The lowest BCUT2D eigenvalue weighted by atomic mass is 10.3. The lowest BCUT2D eigenvalue weighted by Crippen LogP contribution is -2.24. The average Bonchev–Trinajstić information content (AvgIpc) is 3.16. The van der Waals surface area contributed by atoms with Crippen molar-refractivity contribution in [3.05, 3.63) is 65.2 Å². The number of nitrogens with zero attached hydrogens (tertiary/aromatic N) is 3. The molecule has 2 aromatic heterocycles. The minimum Gasteiger partial charge on any atom is -0.351 e. The summed E-state index contributed by atoms with van der Waals surface area (Å²) in [7, 11) is 0. The molecule has 0 aliphatic heterocycles. The highest BCUT2D eigenvalue weighted by molar-refractivity contribution is 8.01. The van der Waals surface area contributed by atoms with E-state index < -0.39 is 5.91 Å². The highest BCUT2D eigenvalue weighted by Crippen LogP contribution is 2.23. The summed E-state index contributed by atoms with van der Waals surface area (Å²) < 4.78 is 13.4. The van der Waals surface area contributed by atoms with E-state index in [9.17, 15) is 14.0 Å². The minimum atomic E-state index is -0.438. The van der Waals surface area contributed by atoms with Crippen LogP contribution in [0.25, 0.3) is 0 Å². The zero-order valence-corrected chi connectivity index (χ0v) is 15.5. The molecule has 0 saturated heterocycles. The summed E-state index contributed by atoms with van der Waals surface area (Å²) >= 11 is 2.28. The molecule has 3 aromatic rings. The van der Waals surface area contributed by atoms with Crippen LogP contribution in [0.1, 0.15) is 15.4 Å². The third kappa shape index (κ3) is 5.83. The predicted octanol–water partition coefficient (Wildman–Crippen LogP) is 2.73. The summed E-state index contributed by atoms with van der Waals surface area (Å²) in [6.07, 6.45) is 3.35. The number of hydrogen-bond donors (Lipinski definition) is 2. The lowest BCUT2D eigenvalue weighted by molar-refractivity contribution is -0.118. The minimum absolute atomic E-state index is 0.156. The molecule has 10 heteroatoms. The van der Waals surface area contributed by atoms with Gasteiger partial charge in [0.2, 0.25) is 10.9 Å². The molecule has 0 aliphatic carbocycles. The summed E-state index contributed by atoms with van der Waals surface area (Å²) in [4.78, 5) is 28.0. The molecule has 0 saturated carbocycles. The molecule has 0 bridgehead atoms. The molecule has 0 radical (unpaired) electrons. The van der Waals surface area contributed by atoms with Crippen molar-refractivity contribution in [1.29, 1.82) is 0 Å². The molecule has 3 rings (SSSR count). The Bertz CT molecular complexity index is 919. The Morgan fingerprint density at radius 2 is 1.96 bits per heavy atom. The van der Waals surface area contributed by atoms with Crippen LogP contribution in [0.3, 0.4) is 0 Å². The molecule has 0 aliphatic rings. The zero-order valence-electron chi connectivity index (χ0n) is 13.9. The molecule has 2 amide bonds. The Kier molecular flexibility index (Phi) is 6.44. The van der Waals surface area contributed by atoms with Gasteiger partial charge in [-0.05, 0) is 35.9 Å². The van der Waals surface area contributed by atoms with Gasteiger partial charge in [0.1, 0.15) is 5.82 Å². The van der Waals surface area contributed by atoms with Gasteiger partial charge in [-0.15, -0.1) is 10.2 Å². The standard InChI is InChI=1S/C17H14FN5O2S2/c18-12-3-5-13(6-4-12)21-15(25)16-22-23-17(27-16)26-10-14(24)20-9-11-2-1-7-19-8-11/h1-8H,9-10H2,(H,20,24)(H,21,25). The Morgan fingerprint density at radius 1 is 1.15 bits per heavy atom. The first-order valence-corrected chi connectivity index (χ1v) is 9.59. The van der Waals surface area contributed by atoms with Gasteiger partial charge in [-0.2, -0.15) is 0 Å². The van der Waals surface area contributed by atoms with Crippen LogP contribution in [0.15, 0.2) is 53.1 Å². The summed E-state index contributed by atoms with van der Waals surface area (Å²) in [6.45, 7) is 0.397. The molecular formula is C17H14FN5O2S2. The van der Waals surface area contributed by atoms with Crippen LogP contribution in [-0.2, 0) is 11.3 Å². The van der Waals surface area contributed by atoms with Crippen LogP contribution in [0, 0.1) is 5.82 Å². The summed E-state index contributed by atoms with van der Waals surface area (Å²) in [5, 5.41) is 13.3. The quantitative estimate of drug-likeness (QED) is 0.589. The fourth-order valence-electron chi connectivity index (χ4n) is 1.96. The maximum atomic E-state index is 12.9. The highest BCUT2D eigenvalue weighted by atomic mass is 32.2. The van der Waals surface area contributed by atoms with Crippen molar-refractivity contribution in [3.8, 4) is 0 Å². The summed E-state index contributed by atoms with van der Waals surface area (Å²) in [5.74, 6) is -0.818. The first-order valence-electron chi connectivity index (χ1n) is 7.79. The fourth-order valence-corrected chi connectivity index (χ4v) is 3.54. The number of pyridine rings is 1. The number of amides is 2. The maximum Gasteiger partial charge on any atom is 0.286 e. The van der Waals surface area contributed by atoms with Gasteiger partial charge in [-0.3, -0.25) is 14.6 Å². The van der Waals surface area contributed by atoms with E-state index in [2.05, 4.69) is 25.8 Å². The molecule has 138 valence electrons. The highest BCUT2D eigenvalue weighted by Gasteiger charge is 2.14. The first kappa shape index (κ1) is 18.9. The zero-order chi connectivity index (χ0) is 19.1. The molecule has 27 heavy (non-hydrogen) atoms. The number of carbonyl (C=O) groups is 2. The maximum absolute atomic E-state index is 12.9. The molecular weight excluding hydrogens is 389 g/mol. The number of nitrogens with one attached hydrogen (secondary N) is 2. The number of hydrogen-bond acceptors (Lipinski definition) is 7. The predicted molar refractivity (Wildman–Crippen MR) is 101 cm³/mol. The Morgan fingerprint density at radius 3 is 2.70 bits per heavy atom. The van der Waals surface area contributed by atoms with E-state index in [4.69, 9.17) is 0 Å². The second-order valence-corrected chi connectivity index (χ2v) is 7.46. The topological polar surface area (TPSA) is 96.9 Å².